The van der Waals surface area contributed by atoms with Crippen LogP contribution in [0, 0.1) is 16.7 Å². The van der Waals surface area contributed by atoms with Crippen molar-refractivity contribution in [2.24, 2.45) is 5.41 Å². The number of rotatable bonds is 5. The van der Waals surface area contributed by atoms with E-state index in [-0.39, 0.29) is 27.8 Å². The summed E-state index contributed by atoms with van der Waals surface area (Å²) in [5, 5.41) is 19.0. The number of hydrogen-bond acceptors (Lipinski definition) is 12. The standard InChI is InChI=1S/C26H29N11OS2/c1-25(2,3)40(38)36-20-15-5-4-9-29-16(15)13-26(20)7-11-37(12-8-26)24-31-17(14-27)19-21(33-24)34-35-22(19)39-18-6-10-30-23(28)32-18/h4-6,9-10,20,36H,7-8,11-13H2,1-3H3,(H2,28,30,32)(H,31,33,34,35)/t20-,40-/m1/s1. The molecule has 40 heavy (non-hydrogen) atoms. The van der Waals surface area contributed by atoms with Gasteiger partial charge in [-0.25, -0.2) is 15.0 Å². The summed E-state index contributed by atoms with van der Waals surface area (Å²) in [6.45, 7) is 7.33. The van der Waals surface area contributed by atoms with Crippen LogP contribution in [0.15, 0.2) is 40.6 Å². The van der Waals surface area contributed by atoms with Crippen LogP contribution < -0.4 is 15.4 Å². The number of nitrogens with one attached hydrogen (secondary N) is 2. The van der Waals surface area contributed by atoms with E-state index >= 15 is 0 Å². The van der Waals surface area contributed by atoms with Crippen molar-refractivity contribution in [3.63, 3.8) is 0 Å². The van der Waals surface area contributed by atoms with E-state index in [9.17, 15) is 9.81 Å². The summed E-state index contributed by atoms with van der Waals surface area (Å²) < 4.78 is 16.2. The van der Waals surface area contributed by atoms with Crippen LogP contribution in [-0.2, 0) is 17.8 Å². The van der Waals surface area contributed by atoms with Crippen molar-refractivity contribution in [3.8, 4) is 6.07 Å². The molecule has 1 spiro atoms. The van der Waals surface area contributed by atoms with Crippen LogP contribution in [0.4, 0.5) is 11.9 Å². The molecule has 2 aliphatic rings. The van der Waals surface area contributed by atoms with Crippen molar-refractivity contribution in [2.75, 3.05) is 23.7 Å². The maximum Gasteiger partial charge on any atom is 0.228 e. The minimum absolute atomic E-state index is 0.0560. The van der Waals surface area contributed by atoms with Gasteiger partial charge >= 0.3 is 0 Å². The zero-order valence-electron chi connectivity index (χ0n) is 22.4. The lowest BCUT2D eigenvalue weighted by Crippen LogP contribution is -2.50. The van der Waals surface area contributed by atoms with Crippen molar-refractivity contribution in [1.29, 1.82) is 5.26 Å². The molecule has 1 aliphatic carbocycles. The molecule has 14 heteroatoms. The number of piperidine rings is 1. The van der Waals surface area contributed by atoms with Gasteiger partial charge in [-0.05, 0) is 69.5 Å². The van der Waals surface area contributed by atoms with Gasteiger partial charge in [0.25, 0.3) is 0 Å². The van der Waals surface area contributed by atoms with Crippen LogP contribution in [-0.4, -0.2) is 57.5 Å². The van der Waals surface area contributed by atoms with Crippen LogP contribution in [0.1, 0.15) is 56.6 Å². The van der Waals surface area contributed by atoms with Gasteiger partial charge < -0.3 is 15.2 Å². The van der Waals surface area contributed by atoms with Gasteiger partial charge in [0.05, 0.1) is 11.4 Å². The van der Waals surface area contributed by atoms with Crippen LogP contribution in [0.2, 0.25) is 0 Å². The zero-order chi connectivity index (χ0) is 28.1. The highest BCUT2D eigenvalue weighted by Crippen LogP contribution is 2.52. The van der Waals surface area contributed by atoms with E-state index in [0.29, 0.717) is 40.1 Å². The summed E-state index contributed by atoms with van der Waals surface area (Å²) in [5.41, 5.74) is 8.52. The normalized spacial score (nSPS) is 19.1. The lowest BCUT2D eigenvalue weighted by Gasteiger charge is -2.43. The van der Waals surface area contributed by atoms with Gasteiger partial charge in [-0.1, -0.05) is 6.07 Å². The third kappa shape index (κ3) is 4.83. The first kappa shape index (κ1) is 26.7. The second-order valence-corrected chi connectivity index (χ2v) is 14.1. The van der Waals surface area contributed by atoms with E-state index in [1.54, 1.807) is 12.3 Å². The van der Waals surface area contributed by atoms with E-state index < -0.39 is 11.4 Å². The summed E-state index contributed by atoms with van der Waals surface area (Å²) >= 11 is 0.0452. The minimum atomic E-state index is -1.22. The number of nitrogens with zero attached hydrogens (tertiary/aromatic N) is 8. The lowest BCUT2D eigenvalue weighted by molar-refractivity contribution is 0.175. The fraction of sp³-hybridized carbons (Fsp3) is 0.423. The molecule has 5 heterocycles. The van der Waals surface area contributed by atoms with E-state index in [1.807, 2.05) is 33.0 Å². The molecule has 4 aromatic heterocycles. The molecule has 2 atom stereocenters. The quantitative estimate of drug-likeness (QED) is 0.234. The molecule has 0 unspecified atom stereocenters. The smallest absolute Gasteiger partial charge is 0.228 e. The number of pyridine rings is 1. The topological polar surface area (TPSA) is 181 Å². The molecule has 12 nitrogen and oxygen atoms in total. The molecule has 0 radical (unpaired) electrons. The average Bonchev–Trinajstić information content (AvgIpc) is 3.46. The summed E-state index contributed by atoms with van der Waals surface area (Å²) in [6, 6.07) is 7.93. The van der Waals surface area contributed by atoms with Gasteiger partial charge in [0.2, 0.25) is 11.9 Å². The molecule has 1 saturated heterocycles. The number of nitriles is 1. The van der Waals surface area contributed by atoms with Gasteiger partial charge in [-0.15, -0.1) is 4.72 Å². The molecule has 0 bridgehead atoms. The summed E-state index contributed by atoms with van der Waals surface area (Å²) in [7, 11) is 0. The van der Waals surface area contributed by atoms with Crippen LogP contribution in [0.5, 0.6) is 0 Å². The third-order valence-electron chi connectivity index (χ3n) is 7.52. The van der Waals surface area contributed by atoms with Crippen LogP contribution >= 0.6 is 11.8 Å². The molecule has 0 saturated carbocycles. The lowest BCUT2D eigenvalue weighted by atomic mass is 9.73. The molecule has 0 aromatic carbocycles. The van der Waals surface area contributed by atoms with E-state index in [0.717, 1.165) is 30.5 Å². The Kier molecular flexibility index (Phi) is 6.78. The Labute approximate surface area is 238 Å². The number of aromatic nitrogens is 7. The van der Waals surface area contributed by atoms with Gasteiger partial charge in [-0.2, -0.15) is 15.3 Å². The Balaban J connectivity index is 1.25. The molecule has 0 amide bonds. The SMILES string of the molecule is CC(C)(C)[S@@+]([O-])N[C@@H]1c2cccnc2CC12CCN(c1nc(C#N)c3c(Sc4ccnc(N)n4)n[nH]c3n1)CC2. The molecule has 4 aromatic rings. The highest BCUT2D eigenvalue weighted by atomic mass is 32.2. The first-order valence-electron chi connectivity index (χ1n) is 13.0. The molecular weight excluding hydrogens is 546 g/mol. The van der Waals surface area contributed by atoms with E-state index in [1.165, 1.54) is 11.8 Å². The number of aromatic amines is 1. The van der Waals surface area contributed by atoms with Gasteiger partial charge in [0.15, 0.2) is 11.3 Å². The number of nitrogens with two attached hydrogens (primary N) is 1. The number of anilines is 2. The number of fused-ring (bicyclic) bond motifs is 2. The fourth-order valence-electron chi connectivity index (χ4n) is 5.42. The van der Waals surface area contributed by atoms with Gasteiger partial charge in [-0.3, -0.25) is 10.1 Å². The maximum absolute atomic E-state index is 13.2. The Bertz CT molecular complexity index is 1600. The summed E-state index contributed by atoms with van der Waals surface area (Å²) in [4.78, 5) is 24.3. The zero-order valence-corrected chi connectivity index (χ0v) is 24.0. The van der Waals surface area contributed by atoms with Crippen molar-refractivity contribution < 1.29 is 4.55 Å². The molecule has 1 fully saturated rings. The third-order valence-corrected chi connectivity index (χ3v) is 10.0. The molecule has 1 aliphatic heterocycles. The summed E-state index contributed by atoms with van der Waals surface area (Å²) in [6.07, 6.45) is 5.90. The maximum atomic E-state index is 13.2. The van der Waals surface area contributed by atoms with Crippen molar-refractivity contribution in [1.82, 2.24) is 39.8 Å². The van der Waals surface area contributed by atoms with Crippen molar-refractivity contribution in [2.45, 2.75) is 60.9 Å². The number of nitrogen functional groups attached to an aromatic ring is 1. The molecule has 4 N–H and O–H groups in total. The average molecular weight is 576 g/mol. The molecule has 6 rings (SSSR count). The van der Waals surface area contributed by atoms with Crippen LogP contribution in [0.3, 0.4) is 0 Å². The van der Waals surface area contributed by atoms with Crippen molar-refractivity contribution >= 4 is 46.1 Å². The predicted octanol–water partition coefficient (Wildman–Crippen LogP) is 3.08. The molecule has 206 valence electrons. The van der Waals surface area contributed by atoms with Crippen LogP contribution in [0.25, 0.3) is 11.0 Å². The van der Waals surface area contributed by atoms with E-state index in [2.05, 4.69) is 51.9 Å². The highest BCUT2D eigenvalue weighted by Gasteiger charge is 2.51. The Morgan fingerprint density at radius 3 is 2.73 bits per heavy atom. The first-order chi connectivity index (χ1) is 19.2. The summed E-state index contributed by atoms with van der Waals surface area (Å²) in [5.74, 6) is 0.650. The number of H-pyrrole nitrogens is 1. The Morgan fingerprint density at radius 2 is 2.00 bits per heavy atom. The molecular formula is C26H29N11OS2. The second kappa shape index (κ2) is 10.2. The Hall–Kier alpha value is -3.51. The van der Waals surface area contributed by atoms with E-state index in [4.69, 9.17) is 10.7 Å². The monoisotopic (exact) mass is 575 g/mol. The predicted molar refractivity (Wildman–Crippen MR) is 153 cm³/mol. The Morgan fingerprint density at radius 1 is 1.20 bits per heavy atom. The minimum Gasteiger partial charge on any atom is -0.598 e. The van der Waals surface area contributed by atoms with Crippen molar-refractivity contribution in [3.05, 3.63) is 47.5 Å². The highest BCUT2D eigenvalue weighted by molar-refractivity contribution is 7.99. The van der Waals surface area contributed by atoms with Gasteiger partial charge in [0, 0.05) is 48.0 Å². The largest absolute Gasteiger partial charge is 0.598 e. The fourth-order valence-corrected chi connectivity index (χ4v) is 7.21. The number of hydrogen-bond donors (Lipinski definition) is 3. The first-order valence-corrected chi connectivity index (χ1v) is 14.9. The van der Waals surface area contributed by atoms with Gasteiger partial charge in [0.1, 0.15) is 20.9 Å². The second-order valence-electron chi connectivity index (χ2n) is 11.1.